The van der Waals surface area contributed by atoms with Gasteiger partial charge in [-0.25, -0.2) is 0 Å². The molecule has 0 radical (unpaired) electrons. The second kappa shape index (κ2) is 7.50. The molecule has 2 aromatic rings. The Morgan fingerprint density at radius 2 is 1.86 bits per heavy atom. The molecule has 0 aliphatic heterocycles. The predicted molar refractivity (Wildman–Crippen MR) is 78.8 cm³/mol. The lowest BCUT2D eigenvalue weighted by molar-refractivity contribution is 0.146. The van der Waals surface area contributed by atoms with Gasteiger partial charge in [0.05, 0.1) is 18.5 Å². The molecule has 0 saturated heterocycles. The summed E-state index contributed by atoms with van der Waals surface area (Å²) in [6.07, 6.45) is 1.66. The van der Waals surface area contributed by atoms with Gasteiger partial charge in [0, 0.05) is 7.11 Å². The quantitative estimate of drug-likeness (QED) is 0.794. The number of nitrogens with zero attached hydrogens (tertiary/aromatic N) is 1. The van der Waals surface area contributed by atoms with Gasteiger partial charge in [-0.3, -0.25) is 4.98 Å². The normalized spacial score (nSPS) is 10.4. The molecular formula is C16H19NO4. The summed E-state index contributed by atoms with van der Waals surface area (Å²) < 4.78 is 16.0. The third kappa shape index (κ3) is 4.65. The van der Waals surface area contributed by atoms with Crippen molar-refractivity contribution >= 4 is 0 Å². The van der Waals surface area contributed by atoms with Crippen LogP contribution in [-0.2, 0) is 11.3 Å². The van der Waals surface area contributed by atoms with Crippen molar-refractivity contribution in [1.29, 1.82) is 0 Å². The van der Waals surface area contributed by atoms with Gasteiger partial charge in [0.2, 0.25) is 0 Å². The van der Waals surface area contributed by atoms with Gasteiger partial charge in [-0.2, -0.15) is 0 Å². The highest BCUT2D eigenvalue weighted by Crippen LogP contribution is 2.22. The van der Waals surface area contributed by atoms with Gasteiger partial charge in [0.15, 0.2) is 0 Å². The Labute approximate surface area is 124 Å². The first-order valence-corrected chi connectivity index (χ1v) is 6.68. The molecule has 1 heterocycles. The first-order chi connectivity index (χ1) is 10.2. The number of benzene rings is 1. The van der Waals surface area contributed by atoms with E-state index in [0.717, 1.165) is 11.3 Å². The second-order valence-electron chi connectivity index (χ2n) is 4.56. The van der Waals surface area contributed by atoms with Crippen LogP contribution >= 0.6 is 0 Å². The maximum absolute atomic E-state index is 9.46. The summed E-state index contributed by atoms with van der Waals surface area (Å²) in [4.78, 5) is 4.27. The average molecular weight is 289 g/mol. The van der Waals surface area contributed by atoms with Gasteiger partial charge in [0.25, 0.3) is 0 Å². The fraction of sp³-hybridized carbons (Fsp3) is 0.312. The first-order valence-electron chi connectivity index (χ1n) is 6.68. The molecule has 2 rings (SSSR count). The molecular weight excluding hydrogens is 270 g/mol. The molecule has 0 bridgehead atoms. The second-order valence-corrected chi connectivity index (χ2v) is 4.56. The summed E-state index contributed by atoms with van der Waals surface area (Å²) in [6, 6.07) is 8.84. The van der Waals surface area contributed by atoms with Gasteiger partial charge >= 0.3 is 0 Å². The van der Waals surface area contributed by atoms with E-state index in [9.17, 15) is 5.11 Å². The molecule has 0 aliphatic rings. The lowest BCUT2D eigenvalue weighted by Gasteiger charge is -2.08. The molecule has 21 heavy (non-hydrogen) atoms. The number of aromatic hydroxyl groups is 1. The van der Waals surface area contributed by atoms with Crippen LogP contribution in [0.3, 0.4) is 0 Å². The molecule has 5 nitrogen and oxygen atoms in total. The minimum absolute atomic E-state index is 0.262. The van der Waals surface area contributed by atoms with E-state index in [1.54, 1.807) is 31.5 Å². The lowest BCUT2D eigenvalue weighted by Crippen LogP contribution is -2.05. The van der Waals surface area contributed by atoms with Crippen molar-refractivity contribution in [3.05, 3.63) is 47.8 Å². The number of rotatable bonds is 7. The minimum Gasteiger partial charge on any atom is -0.508 e. The summed E-state index contributed by atoms with van der Waals surface area (Å²) in [7, 11) is 1.63. The zero-order valence-electron chi connectivity index (χ0n) is 12.2. The Bertz CT molecular complexity index is 569. The number of phenols is 1. The van der Waals surface area contributed by atoms with Crippen LogP contribution in [-0.4, -0.2) is 30.4 Å². The maximum Gasteiger partial charge on any atom is 0.137 e. The molecule has 0 saturated carbocycles. The summed E-state index contributed by atoms with van der Waals surface area (Å²) >= 11 is 0. The SMILES string of the molecule is COCCOc1ccc(COc2ccc(O)c(C)c2)nc1. The molecule has 1 aromatic heterocycles. The Hall–Kier alpha value is -2.27. The summed E-state index contributed by atoms with van der Waals surface area (Å²) in [5.41, 5.74) is 1.59. The average Bonchev–Trinajstić information content (AvgIpc) is 2.50. The zero-order chi connectivity index (χ0) is 15.1. The summed E-state index contributed by atoms with van der Waals surface area (Å²) in [5.74, 6) is 1.67. The predicted octanol–water partition coefficient (Wildman–Crippen LogP) is 2.70. The van der Waals surface area contributed by atoms with Crippen LogP contribution in [0, 0.1) is 6.92 Å². The summed E-state index contributed by atoms with van der Waals surface area (Å²) in [5, 5.41) is 9.46. The number of aryl methyl sites for hydroxylation is 1. The lowest BCUT2D eigenvalue weighted by atomic mass is 10.2. The Morgan fingerprint density at radius 1 is 1.05 bits per heavy atom. The number of methoxy groups -OCH3 is 1. The van der Waals surface area contributed by atoms with E-state index in [0.29, 0.717) is 31.3 Å². The van der Waals surface area contributed by atoms with Crippen molar-refractivity contribution in [2.45, 2.75) is 13.5 Å². The van der Waals surface area contributed by atoms with Gasteiger partial charge in [-0.05, 0) is 42.8 Å². The molecule has 0 aliphatic carbocycles. The van der Waals surface area contributed by atoms with Crippen LogP contribution in [0.25, 0.3) is 0 Å². The number of hydrogen-bond acceptors (Lipinski definition) is 5. The zero-order valence-corrected chi connectivity index (χ0v) is 12.2. The Morgan fingerprint density at radius 3 is 2.52 bits per heavy atom. The Kier molecular flexibility index (Phi) is 5.40. The number of ether oxygens (including phenoxy) is 3. The Balaban J connectivity index is 1.86. The van der Waals surface area contributed by atoms with E-state index in [1.165, 1.54) is 0 Å². The van der Waals surface area contributed by atoms with E-state index in [4.69, 9.17) is 14.2 Å². The van der Waals surface area contributed by atoms with Crippen LogP contribution < -0.4 is 9.47 Å². The monoisotopic (exact) mass is 289 g/mol. The van der Waals surface area contributed by atoms with Crippen LogP contribution in [0.2, 0.25) is 0 Å². The fourth-order valence-electron chi connectivity index (χ4n) is 1.70. The molecule has 0 spiro atoms. The van der Waals surface area contributed by atoms with Crippen molar-refractivity contribution in [2.75, 3.05) is 20.3 Å². The minimum atomic E-state index is 0.262. The standard InChI is InChI=1S/C16H19NO4/c1-12-9-14(5-6-16(12)18)21-11-13-3-4-15(10-17-13)20-8-7-19-2/h3-6,9-10,18H,7-8,11H2,1-2H3. The van der Waals surface area contributed by atoms with Crippen molar-refractivity contribution in [1.82, 2.24) is 4.98 Å². The largest absolute Gasteiger partial charge is 0.508 e. The van der Waals surface area contributed by atoms with Gasteiger partial charge < -0.3 is 19.3 Å². The van der Waals surface area contributed by atoms with Gasteiger partial charge in [-0.1, -0.05) is 0 Å². The molecule has 0 unspecified atom stereocenters. The molecule has 1 N–H and O–H groups in total. The van der Waals surface area contributed by atoms with Crippen LogP contribution in [0.4, 0.5) is 0 Å². The fourth-order valence-corrected chi connectivity index (χ4v) is 1.70. The van der Waals surface area contributed by atoms with E-state index < -0.39 is 0 Å². The van der Waals surface area contributed by atoms with E-state index >= 15 is 0 Å². The van der Waals surface area contributed by atoms with E-state index in [1.807, 2.05) is 19.1 Å². The van der Waals surface area contributed by atoms with Crippen molar-refractivity contribution < 1.29 is 19.3 Å². The maximum atomic E-state index is 9.46. The van der Waals surface area contributed by atoms with Gasteiger partial charge in [0.1, 0.15) is 30.5 Å². The van der Waals surface area contributed by atoms with Crippen LogP contribution in [0.1, 0.15) is 11.3 Å². The number of hydrogen-bond donors (Lipinski definition) is 1. The molecule has 112 valence electrons. The molecule has 0 fully saturated rings. The smallest absolute Gasteiger partial charge is 0.137 e. The number of pyridine rings is 1. The molecule has 0 atom stereocenters. The van der Waals surface area contributed by atoms with Crippen LogP contribution in [0.15, 0.2) is 36.5 Å². The molecule has 1 aromatic carbocycles. The third-order valence-corrected chi connectivity index (χ3v) is 2.91. The van der Waals surface area contributed by atoms with Crippen molar-refractivity contribution in [2.24, 2.45) is 0 Å². The number of aromatic nitrogens is 1. The van der Waals surface area contributed by atoms with E-state index in [2.05, 4.69) is 4.98 Å². The highest BCUT2D eigenvalue weighted by atomic mass is 16.5. The third-order valence-electron chi connectivity index (χ3n) is 2.91. The summed E-state index contributed by atoms with van der Waals surface area (Å²) in [6.45, 7) is 3.24. The highest BCUT2D eigenvalue weighted by molar-refractivity contribution is 5.38. The number of phenolic OH excluding ortho intramolecular Hbond substituents is 1. The van der Waals surface area contributed by atoms with Gasteiger partial charge in [-0.15, -0.1) is 0 Å². The van der Waals surface area contributed by atoms with E-state index in [-0.39, 0.29) is 5.75 Å². The van der Waals surface area contributed by atoms with Crippen molar-refractivity contribution in [3.8, 4) is 17.2 Å². The highest BCUT2D eigenvalue weighted by Gasteiger charge is 2.01. The first kappa shape index (κ1) is 15.1. The van der Waals surface area contributed by atoms with Crippen molar-refractivity contribution in [3.63, 3.8) is 0 Å². The molecule has 0 amide bonds. The van der Waals surface area contributed by atoms with Crippen LogP contribution in [0.5, 0.6) is 17.2 Å². The molecule has 5 heteroatoms. The topological polar surface area (TPSA) is 60.8 Å².